The van der Waals surface area contributed by atoms with Gasteiger partial charge in [0.15, 0.2) is 11.5 Å². The fraction of sp³-hybridized carbons (Fsp3) is 0.588. The van der Waals surface area contributed by atoms with Crippen molar-refractivity contribution in [2.75, 3.05) is 20.8 Å². The van der Waals surface area contributed by atoms with E-state index in [-0.39, 0.29) is 5.91 Å². The minimum Gasteiger partial charge on any atom is -0.493 e. The van der Waals surface area contributed by atoms with Crippen LogP contribution in [0.4, 0.5) is 0 Å². The molecule has 0 fully saturated rings. The van der Waals surface area contributed by atoms with Crippen LogP contribution in [0.5, 0.6) is 11.5 Å². The van der Waals surface area contributed by atoms with Gasteiger partial charge in [0.05, 0.1) is 19.8 Å². The Bertz CT molecular complexity index is 446. The zero-order valence-corrected chi connectivity index (χ0v) is 13.6. The number of amides is 1. The smallest absolute Gasteiger partial charge is 0.255 e. The van der Waals surface area contributed by atoms with Crippen molar-refractivity contribution in [3.63, 3.8) is 0 Å². The number of ether oxygens (including phenoxy) is 2. The van der Waals surface area contributed by atoms with Gasteiger partial charge in [-0.15, -0.1) is 0 Å². The van der Waals surface area contributed by atoms with Crippen LogP contribution in [0.3, 0.4) is 0 Å². The minimum absolute atomic E-state index is 0.110. The van der Waals surface area contributed by atoms with Crippen molar-refractivity contribution in [2.45, 2.75) is 39.5 Å². The van der Waals surface area contributed by atoms with E-state index in [4.69, 9.17) is 9.47 Å². The average molecular weight is 293 g/mol. The van der Waals surface area contributed by atoms with E-state index in [0.717, 1.165) is 12.8 Å². The molecule has 21 heavy (non-hydrogen) atoms. The summed E-state index contributed by atoms with van der Waals surface area (Å²) in [6.45, 7) is 5.06. The summed E-state index contributed by atoms with van der Waals surface area (Å²) in [5.41, 5.74) is 0.516. The summed E-state index contributed by atoms with van der Waals surface area (Å²) in [6, 6.07) is 5.33. The van der Waals surface area contributed by atoms with Gasteiger partial charge in [-0.25, -0.2) is 0 Å². The summed E-state index contributed by atoms with van der Waals surface area (Å²) < 4.78 is 10.5. The molecule has 0 heterocycles. The van der Waals surface area contributed by atoms with Gasteiger partial charge in [0.25, 0.3) is 5.91 Å². The van der Waals surface area contributed by atoms with Crippen LogP contribution in [-0.2, 0) is 0 Å². The van der Waals surface area contributed by atoms with Gasteiger partial charge in [-0.1, -0.05) is 39.2 Å². The second-order valence-corrected chi connectivity index (χ2v) is 5.17. The Morgan fingerprint density at radius 2 is 2.00 bits per heavy atom. The normalized spacial score (nSPS) is 11.8. The van der Waals surface area contributed by atoms with Gasteiger partial charge in [-0.3, -0.25) is 4.79 Å². The standard InChI is InChI=1S/C17H27NO3/c1-5-7-9-13(6-2)12-18-17(19)14-10-8-11-15(20-3)16(14)21-4/h8,10-11,13H,5-7,9,12H2,1-4H3,(H,18,19)/t13-/m1/s1. The molecule has 1 rings (SSSR count). The van der Waals surface area contributed by atoms with E-state index >= 15 is 0 Å². The lowest BCUT2D eigenvalue weighted by molar-refractivity contribution is 0.0942. The fourth-order valence-electron chi connectivity index (χ4n) is 2.34. The van der Waals surface area contributed by atoms with Gasteiger partial charge < -0.3 is 14.8 Å². The number of carbonyl (C=O) groups excluding carboxylic acids is 1. The highest BCUT2D eigenvalue weighted by Crippen LogP contribution is 2.30. The molecule has 1 aromatic rings. The van der Waals surface area contributed by atoms with Gasteiger partial charge in [-0.05, 0) is 24.5 Å². The second-order valence-electron chi connectivity index (χ2n) is 5.17. The molecule has 0 aliphatic heterocycles. The molecule has 0 aliphatic carbocycles. The maximum atomic E-state index is 12.3. The van der Waals surface area contributed by atoms with E-state index in [1.165, 1.54) is 12.8 Å². The van der Waals surface area contributed by atoms with Crippen LogP contribution >= 0.6 is 0 Å². The molecule has 4 nitrogen and oxygen atoms in total. The Balaban J connectivity index is 2.71. The molecule has 0 bridgehead atoms. The molecule has 0 unspecified atom stereocenters. The molecule has 0 radical (unpaired) electrons. The summed E-state index contributed by atoms with van der Waals surface area (Å²) in [5, 5.41) is 3.01. The van der Waals surface area contributed by atoms with Crippen LogP contribution in [0.25, 0.3) is 0 Å². The number of carbonyl (C=O) groups is 1. The molecule has 0 aliphatic rings. The van der Waals surface area contributed by atoms with Crippen molar-refractivity contribution >= 4 is 5.91 Å². The zero-order valence-electron chi connectivity index (χ0n) is 13.6. The predicted molar refractivity (Wildman–Crippen MR) is 85.2 cm³/mol. The summed E-state index contributed by atoms with van der Waals surface area (Å²) >= 11 is 0. The van der Waals surface area contributed by atoms with Crippen LogP contribution in [0.15, 0.2) is 18.2 Å². The fourth-order valence-corrected chi connectivity index (χ4v) is 2.34. The van der Waals surface area contributed by atoms with Gasteiger partial charge in [0.2, 0.25) is 0 Å². The second kappa shape index (κ2) is 9.27. The molecule has 1 N–H and O–H groups in total. The average Bonchev–Trinajstić information content (AvgIpc) is 2.53. The summed E-state index contributed by atoms with van der Waals surface area (Å²) in [5.74, 6) is 1.48. The van der Waals surface area contributed by atoms with Gasteiger partial charge in [0, 0.05) is 6.54 Å². The van der Waals surface area contributed by atoms with E-state index in [2.05, 4.69) is 19.2 Å². The molecule has 1 aromatic carbocycles. The van der Waals surface area contributed by atoms with Crippen LogP contribution in [-0.4, -0.2) is 26.7 Å². The van der Waals surface area contributed by atoms with Crippen LogP contribution in [0.2, 0.25) is 0 Å². The molecule has 0 spiro atoms. The Kier molecular flexibility index (Phi) is 7.65. The summed E-state index contributed by atoms with van der Waals surface area (Å²) in [4.78, 5) is 12.3. The molecule has 1 atom stereocenters. The first-order chi connectivity index (χ1) is 10.2. The number of rotatable bonds is 9. The Labute approximate surface area is 127 Å². The van der Waals surface area contributed by atoms with E-state index in [9.17, 15) is 4.79 Å². The summed E-state index contributed by atoms with van der Waals surface area (Å²) in [7, 11) is 3.11. The van der Waals surface area contributed by atoms with Crippen molar-refractivity contribution in [1.29, 1.82) is 0 Å². The lowest BCUT2D eigenvalue weighted by Gasteiger charge is -2.17. The molecule has 4 heteroatoms. The van der Waals surface area contributed by atoms with E-state index < -0.39 is 0 Å². The van der Waals surface area contributed by atoms with Crippen molar-refractivity contribution in [3.8, 4) is 11.5 Å². The number of hydrogen-bond acceptors (Lipinski definition) is 3. The van der Waals surface area contributed by atoms with E-state index in [1.807, 2.05) is 0 Å². The van der Waals surface area contributed by atoms with Crippen LogP contribution < -0.4 is 14.8 Å². The predicted octanol–water partition coefficient (Wildman–Crippen LogP) is 3.65. The van der Waals surface area contributed by atoms with E-state index in [0.29, 0.717) is 29.5 Å². The first kappa shape index (κ1) is 17.3. The van der Waals surface area contributed by atoms with Gasteiger partial charge >= 0.3 is 0 Å². The van der Waals surface area contributed by atoms with Crippen molar-refractivity contribution in [3.05, 3.63) is 23.8 Å². The number of methoxy groups -OCH3 is 2. The molecular formula is C17H27NO3. The quantitative estimate of drug-likeness (QED) is 0.756. The zero-order chi connectivity index (χ0) is 15.7. The third-order valence-corrected chi connectivity index (χ3v) is 3.74. The maximum Gasteiger partial charge on any atom is 0.255 e. The first-order valence-electron chi connectivity index (χ1n) is 7.67. The molecule has 0 aromatic heterocycles. The van der Waals surface area contributed by atoms with Crippen molar-refractivity contribution in [1.82, 2.24) is 5.32 Å². The number of hydrogen-bond donors (Lipinski definition) is 1. The topological polar surface area (TPSA) is 47.6 Å². The third-order valence-electron chi connectivity index (χ3n) is 3.74. The van der Waals surface area contributed by atoms with Crippen LogP contribution in [0.1, 0.15) is 49.9 Å². The van der Waals surface area contributed by atoms with Crippen LogP contribution in [0, 0.1) is 5.92 Å². The Morgan fingerprint density at radius 1 is 1.24 bits per heavy atom. The highest BCUT2D eigenvalue weighted by atomic mass is 16.5. The SMILES string of the molecule is CCCC[C@@H](CC)CNC(=O)c1cccc(OC)c1OC. The molecule has 0 saturated carbocycles. The highest BCUT2D eigenvalue weighted by Gasteiger charge is 2.17. The Morgan fingerprint density at radius 3 is 2.57 bits per heavy atom. The molecular weight excluding hydrogens is 266 g/mol. The van der Waals surface area contributed by atoms with Gasteiger partial charge in [-0.2, -0.15) is 0 Å². The number of benzene rings is 1. The number of unbranched alkanes of at least 4 members (excludes halogenated alkanes) is 1. The summed E-state index contributed by atoms with van der Waals surface area (Å²) in [6.07, 6.45) is 4.63. The van der Waals surface area contributed by atoms with E-state index in [1.54, 1.807) is 32.4 Å². The maximum absolute atomic E-state index is 12.3. The molecule has 0 saturated heterocycles. The third kappa shape index (κ3) is 4.96. The van der Waals surface area contributed by atoms with Crippen molar-refractivity contribution < 1.29 is 14.3 Å². The lowest BCUT2D eigenvalue weighted by atomic mass is 9.99. The lowest BCUT2D eigenvalue weighted by Crippen LogP contribution is -2.29. The number of para-hydroxylation sites is 1. The molecule has 1 amide bonds. The highest BCUT2D eigenvalue weighted by molar-refractivity contribution is 5.97. The van der Waals surface area contributed by atoms with Crippen molar-refractivity contribution in [2.24, 2.45) is 5.92 Å². The number of nitrogens with one attached hydrogen (secondary N) is 1. The van der Waals surface area contributed by atoms with Gasteiger partial charge in [0.1, 0.15) is 0 Å². The molecule has 118 valence electrons. The first-order valence-corrected chi connectivity index (χ1v) is 7.67. The largest absolute Gasteiger partial charge is 0.493 e. The monoisotopic (exact) mass is 293 g/mol. The Hall–Kier alpha value is -1.71. The minimum atomic E-state index is -0.110.